The molecule has 0 saturated heterocycles. The van der Waals surface area contributed by atoms with Crippen molar-refractivity contribution in [1.82, 2.24) is 15.0 Å². The maximum absolute atomic E-state index is 12.6. The van der Waals surface area contributed by atoms with E-state index < -0.39 is 5.25 Å². The van der Waals surface area contributed by atoms with Gasteiger partial charge in [0.2, 0.25) is 5.91 Å². The van der Waals surface area contributed by atoms with Gasteiger partial charge in [-0.05, 0) is 32.6 Å². The predicted octanol–water partition coefficient (Wildman–Crippen LogP) is 3.89. The Morgan fingerprint density at radius 2 is 2.00 bits per heavy atom. The van der Waals surface area contributed by atoms with Gasteiger partial charge < -0.3 is 10.3 Å². The molecule has 3 aromatic rings. The Labute approximate surface area is 170 Å². The fourth-order valence-corrected chi connectivity index (χ4v) is 4.67. The summed E-state index contributed by atoms with van der Waals surface area (Å²) < 4.78 is 0. The van der Waals surface area contributed by atoms with Crippen molar-refractivity contribution >= 4 is 34.1 Å². The van der Waals surface area contributed by atoms with Crippen molar-refractivity contribution in [2.24, 2.45) is 0 Å². The van der Waals surface area contributed by atoms with Gasteiger partial charge in [0.25, 0.3) is 5.56 Å². The van der Waals surface area contributed by atoms with E-state index in [9.17, 15) is 9.59 Å². The molecule has 0 bridgehead atoms. The normalized spacial score (nSPS) is 14.3. The summed E-state index contributed by atoms with van der Waals surface area (Å²) >= 11 is 2.65. The molecule has 1 atom stereocenters. The number of hydrogen-bond donors (Lipinski definition) is 2. The molecular formula is C20H20N4O2S2. The van der Waals surface area contributed by atoms with Crippen molar-refractivity contribution < 1.29 is 4.79 Å². The molecule has 1 amide bonds. The first kappa shape index (κ1) is 18.9. The van der Waals surface area contributed by atoms with Crippen LogP contribution in [0.4, 0.5) is 5.13 Å². The number of carbonyl (C=O) groups is 1. The van der Waals surface area contributed by atoms with Crippen LogP contribution in [0.15, 0.2) is 45.7 Å². The number of hydrogen-bond acceptors (Lipinski definition) is 6. The number of rotatable bonds is 5. The molecular weight excluding hydrogens is 392 g/mol. The van der Waals surface area contributed by atoms with E-state index in [1.807, 2.05) is 35.7 Å². The highest BCUT2D eigenvalue weighted by atomic mass is 32.2. The van der Waals surface area contributed by atoms with Gasteiger partial charge in [0, 0.05) is 16.5 Å². The number of nitrogens with zero attached hydrogens (tertiary/aromatic N) is 2. The number of aryl methyl sites for hydroxylation is 1. The quantitative estimate of drug-likeness (QED) is 0.490. The number of nitrogens with one attached hydrogen (secondary N) is 2. The van der Waals surface area contributed by atoms with Crippen molar-refractivity contribution in [1.29, 1.82) is 0 Å². The average molecular weight is 413 g/mol. The fourth-order valence-electron chi connectivity index (χ4n) is 3.14. The van der Waals surface area contributed by atoms with Crippen LogP contribution in [-0.4, -0.2) is 26.1 Å². The van der Waals surface area contributed by atoms with Crippen molar-refractivity contribution in [2.75, 3.05) is 5.32 Å². The molecule has 1 aliphatic rings. The number of fused-ring (bicyclic) bond motifs is 1. The van der Waals surface area contributed by atoms with E-state index in [1.54, 1.807) is 6.92 Å². The lowest BCUT2D eigenvalue weighted by atomic mass is 9.97. The summed E-state index contributed by atoms with van der Waals surface area (Å²) in [5.74, 6) is -0.167. The zero-order chi connectivity index (χ0) is 19.5. The number of thiazole rings is 1. The Kier molecular flexibility index (Phi) is 5.59. The van der Waals surface area contributed by atoms with E-state index in [4.69, 9.17) is 0 Å². The molecule has 0 radical (unpaired) electrons. The minimum absolute atomic E-state index is 0.0766. The van der Waals surface area contributed by atoms with Crippen LogP contribution in [-0.2, 0) is 17.6 Å². The lowest BCUT2D eigenvalue weighted by Crippen LogP contribution is -2.25. The van der Waals surface area contributed by atoms with E-state index in [0.29, 0.717) is 10.3 Å². The number of anilines is 1. The third-order valence-corrected chi connectivity index (χ3v) is 6.37. The van der Waals surface area contributed by atoms with E-state index >= 15 is 0 Å². The van der Waals surface area contributed by atoms with Gasteiger partial charge in [-0.2, -0.15) is 0 Å². The largest absolute Gasteiger partial charge is 0.301 e. The third kappa shape index (κ3) is 4.18. The van der Waals surface area contributed by atoms with Crippen LogP contribution in [0.1, 0.15) is 31.0 Å². The highest BCUT2D eigenvalue weighted by Crippen LogP contribution is 2.26. The number of H-pyrrole nitrogens is 1. The Morgan fingerprint density at radius 3 is 2.82 bits per heavy atom. The molecule has 0 aliphatic heterocycles. The molecule has 2 aromatic heterocycles. The summed E-state index contributed by atoms with van der Waals surface area (Å²) in [5.41, 5.74) is 3.44. The van der Waals surface area contributed by atoms with Gasteiger partial charge in [-0.3, -0.25) is 9.59 Å². The lowest BCUT2D eigenvalue weighted by molar-refractivity contribution is -0.115. The molecule has 2 heterocycles. The molecule has 0 unspecified atom stereocenters. The van der Waals surface area contributed by atoms with Crippen LogP contribution < -0.4 is 10.9 Å². The van der Waals surface area contributed by atoms with Gasteiger partial charge >= 0.3 is 0 Å². The molecule has 2 N–H and O–H groups in total. The number of benzene rings is 1. The molecule has 6 nitrogen and oxygen atoms in total. The van der Waals surface area contributed by atoms with Gasteiger partial charge in [-0.15, -0.1) is 11.3 Å². The van der Waals surface area contributed by atoms with Crippen molar-refractivity contribution in [3.05, 3.63) is 57.3 Å². The van der Waals surface area contributed by atoms with Crippen molar-refractivity contribution in [3.8, 4) is 11.3 Å². The second-order valence-electron chi connectivity index (χ2n) is 6.66. The van der Waals surface area contributed by atoms with Gasteiger partial charge in [-0.25, -0.2) is 9.97 Å². The summed E-state index contributed by atoms with van der Waals surface area (Å²) in [6, 6.07) is 9.83. The molecule has 8 heteroatoms. The monoisotopic (exact) mass is 412 g/mol. The van der Waals surface area contributed by atoms with E-state index in [2.05, 4.69) is 20.3 Å². The van der Waals surface area contributed by atoms with Gasteiger partial charge in [-0.1, -0.05) is 42.1 Å². The molecule has 0 fully saturated rings. The lowest BCUT2D eigenvalue weighted by Gasteiger charge is -2.15. The minimum atomic E-state index is -0.408. The molecule has 1 aliphatic carbocycles. The molecule has 0 spiro atoms. The molecule has 0 saturated carbocycles. The van der Waals surface area contributed by atoms with Crippen LogP contribution >= 0.6 is 23.1 Å². The smallest absolute Gasteiger partial charge is 0.254 e. The summed E-state index contributed by atoms with van der Waals surface area (Å²) in [5, 5.41) is 5.43. The predicted molar refractivity (Wildman–Crippen MR) is 113 cm³/mol. The molecule has 4 rings (SSSR count). The van der Waals surface area contributed by atoms with Gasteiger partial charge in [0.1, 0.15) is 0 Å². The zero-order valence-corrected chi connectivity index (χ0v) is 17.0. The van der Waals surface area contributed by atoms with E-state index in [1.165, 1.54) is 23.1 Å². The average Bonchev–Trinajstić information content (AvgIpc) is 3.17. The first-order chi connectivity index (χ1) is 13.6. The number of aromatic nitrogens is 3. The highest BCUT2D eigenvalue weighted by Gasteiger charge is 2.20. The standard InChI is InChI=1S/C20H20N4O2S2/c1-12(28-20-21-15-10-6-5-9-14(15)18(26)24-20)17(25)23-19-22-16(11-27-19)13-7-3-2-4-8-13/h2-4,7-8,11-12H,5-6,9-10H2,1H3,(H,21,24,26)(H,22,23,25)/t12-/m0/s1. The van der Waals surface area contributed by atoms with Crippen molar-refractivity contribution in [2.45, 2.75) is 43.0 Å². The summed E-state index contributed by atoms with van der Waals surface area (Å²) in [7, 11) is 0. The number of thioether (sulfide) groups is 1. The SMILES string of the molecule is C[C@H](Sc1nc2c(c(=O)[nH]1)CCCC2)C(=O)Nc1nc(-c2ccccc2)cs1. The van der Waals surface area contributed by atoms with E-state index in [-0.39, 0.29) is 11.5 Å². The first-order valence-corrected chi connectivity index (χ1v) is 11.0. The first-order valence-electron chi connectivity index (χ1n) is 9.20. The third-order valence-electron chi connectivity index (χ3n) is 4.63. The molecule has 28 heavy (non-hydrogen) atoms. The van der Waals surface area contributed by atoms with E-state index in [0.717, 1.165) is 48.2 Å². The second-order valence-corrected chi connectivity index (χ2v) is 8.84. The Hall–Kier alpha value is -2.45. The minimum Gasteiger partial charge on any atom is -0.301 e. The number of aromatic amines is 1. The fraction of sp³-hybridized carbons (Fsp3) is 0.300. The topological polar surface area (TPSA) is 87.7 Å². The zero-order valence-electron chi connectivity index (χ0n) is 15.4. The maximum Gasteiger partial charge on any atom is 0.254 e. The van der Waals surface area contributed by atoms with Crippen molar-refractivity contribution in [3.63, 3.8) is 0 Å². The maximum atomic E-state index is 12.6. The van der Waals surface area contributed by atoms with Crippen LogP contribution in [0.25, 0.3) is 11.3 Å². The summed E-state index contributed by atoms with van der Waals surface area (Å²) in [6.07, 6.45) is 3.69. The van der Waals surface area contributed by atoms with Crippen LogP contribution in [0.5, 0.6) is 0 Å². The van der Waals surface area contributed by atoms with Crippen LogP contribution in [0.2, 0.25) is 0 Å². The molecule has 144 valence electrons. The Bertz CT molecular complexity index is 1050. The summed E-state index contributed by atoms with van der Waals surface area (Å²) in [6.45, 7) is 1.80. The van der Waals surface area contributed by atoms with Crippen LogP contribution in [0, 0.1) is 0 Å². The summed E-state index contributed by atoms with van der Waals surface area (Å²) in [4.78, 5) is 36.7. The second kappa shape index (κ2) is 8.28. The molecule has 1 aromatic carbocycles. The van der Waals surface area contributed by atoms with Crippen LogP contribution in [0.3, 0.4) is 0 Å². The van der Waals surface area contributed by atoms with Gasteiger partial charge in [0.05, 0.1) is 16.6 Å². The number of carbonyl (C=O) groups excluding carboxylic acids is 1. The Morgan fingerprint density at radius 1 is 1.21 bits per heavy atom. The Balaban J connectivity index is 1.42. The number of amides is 1. The highest BCUT2D eigenvalue weighted by molar-refractivity contribution is 8.00. The van der Waals surface area contributed by atoms with Gasteiger partial charge in [0.15, 0.2) is 10.3 Å².